The van der Waals surface area contributed by atoms with Crippen molar-refractivity contribution in [1.82, 2.24) is 0 Å². The Hall–Kier alpha value is -0.910. The van der Waals surface area contributed by atoms with Crippen molar-refractivity contribution in [2.75, 3.05) is 5.32 Å². The van der Waals surface area contributed by atoms with Crippen LogP contribution in [0.25, 0.3) is 0 Å². The lowest BCUT2D eigenvalue weighted by atomic mass is 10.2. The Morgan fingerprint density at radius 2 is 1.84 bits per heavy atom. The molecule has 0 saturated carbocycles. The molecule has 0 aliphatic heterocycles. The van der Waals surface area contributed by atoms with E-state index in [2.05, 4.69) is 56.2 Å². The second-order valence-electron chi connectivity index (χ2n) is 4.20. The first-order chi connectivity index (χ1) is 8.95. The molecular weight excluding hydrogens is 388 g/mol. The van der Waals surface area contributed by atoms with Gasteiger partial charge in [-0.15, -0.1) is 0 Å². The van der Waals surface area contributed by atoms with Crippen molar-refractivity contribution in [3.8, 4) is 0 Å². The predicted molar refractivity (Wildman–Crippen MR) is 92.2 cm³/mol. The Bertz CT molecular complexity index is 621. The number of hydrogen-bond acceptors (Lipinski definition) is 2. The topological polar surface area (TPSA) is 38.0 Å². The van der Waals surface area contributed by atoms with E-state index in [0.29, 0.717) is 4.99 Å². The summed E-state index contributed by atoms with van der Waals surface area (Å²) < 4.78 is 1.94. The predicted octanol–water partition coefficient (Wildman–Crippen LogP) is 4.90. The zero-order valence-corrected chi connectivity index (χ0v) is 14.2. The summed E-state index contributed by atoms with van der Waals surface area (Å²) in [5, 5.41) is 3.35. The Labute approximate surface area is 134 Å². The molecule has 98 valence electrons. The third kappa shape index (κ3) is 3.78. The Kier molecular flexibility index (Phi) is 4.60. The SMILES string of the molecule is Cc1cc(Br)cc(Nc2ccc(C(N)=S)c(Br)c2)c1. The van der Waals surface area contributed by atoms with E-state index in [1.54, 1.807) is 0 Å². The summed E-state index contributed by atoms with van der Waals surface area (Å²) in [5.41, 5.74) is 9.67. The summed E-state index contributed by atoms with van der Waals surface area (Å²) in [6, 6.07) is 12.0. The molecule has 0 radical (unpaired) electrons. The van der Waals surface area contributed by atoms with Gasteiger partial charge in [-0.05, 0) is 64.8 Å². The van der Waals surface area contributed by atoms with E-state index in [9.17, 15) is 0 Å². The van der Waals surface area contributed by atoms with Crippen LogP contribution in [0.3, 0.4) is 0 Å². The second kappa shape index (κ2) is 6.03. The smallest absolute Gasteiger partial charge is 0.105 e. The van der Waals surface area contributed by atoms with Crippen LogP contribution in [0.4, 0.5) is 11.4 Å². The third-order valence-corrected chi connectivity index (χ3v) is 3.90. The highest BCUT2D eigenvalue weighted by atomic mass is 79.9. The van der Waals surface area contributed by atoms with Gasteiger partial charge in [0.05, 0.1) is 0 Å². The minimum Gasteiger partial charge on any atom is -0.389 e. The first-order valence-corrected chi connectivity index (χ1v) is 7.59. The molecular formula is C14H12Br2N2S. The van der Waals surface area contributed by atoms with E-state index < -0.39 is 0 Å². The molecule has 0 bridgehead atoms. The average Bonchev–Trinajstić information content (AvgIpc) is 2.26. The molecule has 0 spiro atoms. The van der Waals surface area contributed by atoms with Crippen LogP contribution >= 0.6 is 44.1 Å². The maximum Gasteiger partial charge on any atom is 0.105 e. The van der Waals surface area contributed by atoms with Crippen molar-refractivity contribution in [3.05, 3.63) is 56.5 Å². The van der Waals surface area contributed by atoms with Crippen LogP contribution in [-0.2, 0) is 0 Å². The molecule has 0 amide bonds. The van der Waals surface area contributed by atoms with E-state index >= 15 is 0 Å². The third-order valence-electron chi connectivity index (χ3n) is 2.57. The summed E-state index contributed by atoms with van der Waals surface area (Å²) in [7, 11) is 0. The summed E-state index contributed by atoms with van der Waals surface area (Å²) in [6.07, 6.45) is 0. The lowest BCUT2D eigenvalue weighted by Crippen LogP contribution is -2.10. The first-order valence-electron chi connectivity index (χ1n) is 5.59. The molecule has 0 heterocycles. The number of nitrogens with two attached hydrogens (primary N) is 1. The van der Waals surface area contributed by atoms with E-state index in [-0.39, 0.29) is 0 Å². The van der Waals surface area contributed by atoms with Crippen LogP contribution in [0.5, 0.6) is 0 Å². The van der Waals surface area contributed by atoms with Crippen LogP contribution in [0.15, 0.2) is 45.3 Å². The van der Waals surface area contributed by atoms with Gasteiger partial charge in [-0.2, -0.15) is 0 Å². The quantitative estimate of drug-likeness (QED) is 0.721. The number of anilines is 2. The number of thiocarbonyl (C=S) groups is 1. The van der Waals surface area contributed by atoms with E-state index in [4.69, 9.17) is 18.0 Å². The van der Waals surface area contributed by atoms with Gasteiger partial charge in [-0.1, -0.05) is 28.1 Å². The number of halogens is 2. The van der Waals surface area contributed by atoms with Crippen LogP contribution in [0, 0.1) is 6.92 Å². The van der Waals surface area contributed by atoms with Crippen molar-refractivity contribution in [2.45, 2.75) is 6.92 Å². The Morgan fingerprint density at radius 3 is 2.42 bits per heavy atom. The first kappa shape index (κ1) is 14.5. The molecule has 19 heavy (non-hydrogen) atoms. The zero-order valence-electron chi connectivity index (χ0n) is 10.2. The summed E-state index contributed by atoms with van der Waals surface area (Å²) in [4.78, 5) is 0.386. The summed E-state index contributed by atoms with van der Waals surface area (Å²) >= 11 is 11.9. The zero-order chi connectivity index (χ0) is 14.0. The molecule has 2 nitrogen and oxygen atoms in total. The van der Waals surface area contributed by atoms with Gasteiger partial charge >= 0.3 is 0 Å². The van der Waals surface area contributed by atoms with Crippen molar-refractivity contribution in [1.29, 1.82) is 0 Å². The van der Waals surface area contributed by atoms with Crippen molar-refractivity contribution < 1.29 is 0 Å². The lowest BCUT2D eigenvalue weighted by Gasteiger charge is -2.10. The number of benzene rings is 2. The van der Waals surface area contributed by atoms with Crippen molar-refractivity contribution >= 4 is 60.4 Å². The van der Waals surface area contributed by atoms with Gasteiger partial charge in [0.25, 0.3) is 0 Å². The fourth-order valence-corrected chi connectivity index (χ4v) is 3.28. The van der Waals surface area contributed by atoms with Crippen molar-refractivity contribution in [3.63, 3.8) is 0 Å². The highest BCUT2D eigenvalue weighted by molar-refractivity contribution is 9.10. The molecule has 0 aliphatic rings. The van der Waals surface area contributed by atoms with Crippen LogP contribution in [0.1, 0.15) is 11.1 Å². The molecule has 0 saturated heterocycles. The largest absolute Gasteiger partial charge is 0.389 e. The fourth-order valence-electron chi connectivity index (χ4n) is 1.77. The summed E-state index contributed by atoms with van der Waals surface area (Å²) in [5.74, 6) is 0. The Morgan fingerprint density at radius 1 is 1.11 bits per heavy atom. The normalized spacial score (nSPS) is 10.3. The number of nitrogens with one attached hydrogen (secondary N) is 1. The van der Waals surface area contributed by atoms with Gasteiger partial charge in [0, 0.05) is 25.9 Å². The average molecular weight is 400 g/mol. The number of hydrogen-bond donors (Lipinski definition) is 2. The maximum atomic E-state index is 5.63. The molecule has 2 aromatic rings. The molecule has 0 aliphatic carbocycles. The molecule has 0 fully saturated rings. The maximum absolute atomic E-state index is 5.63. The molecule has 5 heteroatoms. The molecule has 2 aromatic carbocycles. The van der Waals surface area contributed by atoms with Gasteiger partial charge in [0.1, 0.15) is 4.99 Å². The van der Waals surface area contributed by atoms with Gasteiger partial charge in [0.15, 0.2) is 0 Å². The molecule has 2 rings (SSSR count). The number of rotatable bonds is 3. The molecule has 0 unspecified atom stereocenters. The van der Waals surface area contributed by atoms with Crippen LogP contribution < -0.4 is 11.1 Å². The molecule has 3 N–H and O–H groups in total. The highest BCUT2D eigenvalue weighted by Gasteiger charge is 2.04. The molecule has 0 aromatic heterocycles. The van der Waals surface area contributed by atoms with Crippen LogP contribution in [-0.4, -0.2) is 4.99 Å². The monoisotopic (exact) mass is 398 g/mol. The standard InChI is InChI=1S/C14H12Br2N2S/c1-8-4-9(15)6-11(5-8)18-10-2-3-12(14(17)19)13(16)7-10/h2-7,18H,1H3,(H2,17,19). The van der Waals surface area contributed by atoms with Crippen LogP contribution in [0.2, 0.25) is 0 Å². The highest BCUT2D eigenvalue weighted by Crippen LogP contribution is 2.26. The van der Waals surface area contributed by atoms with E-state index in [0.717, 1.165) is 25.9 Å². The fraction of sp³-hybridized carbons (Fsp3) is 0.0714. The molecule has 0 atom stereocenters. The lowest BCUT2D eigenvalue weighted by molar-refractivity contribution is 1.43. The van der Waals surface area contributed by atoms with E-state index in [1.807, 2.05) is 24.3 Å². The van der Waals surface area contributed by atoms with E-state index in [1.165, 1.54) is 5.56 Å². The van der Waals surface area contributed by atoms with Gasteiger partial charge < -0.3 is 11.1 Å². The minimum absolute atomic E-state index is 0.386. The second-order valence-corrected chi connectivity index (χ2v) is 6.41. The summed E-state index contributed by atoms with van der Waals surface area (Å²) in [6.45, 7) is 2.06. The number of aryl methyl sites for hydroxylation is 1. The van der Waals surface area contributed by atoms with Gasteiger partial charge in [-0.3, -0.25) is 0 Å². The minimum atomic E-state index is 0.386. The Balaban J connectivity index is 2.28. The van der Waals surface area contributed by atoms with Gasteiger partial charge in [0.2, 0.25) is 0 Å². The van der Waals surface area contributed by atoms with Gasteiger partial charge in [-0.25, -0.2) is 0 Å². The van der Waals surface area contributed by atoms with Crippen molar-refractivity contribution in [2.24, 2.45) is 5.73 Å².